The predicted octanol–water partition coefficient (Wildman–Crippen LogP) is -0.111. The van der Waals surface area contributed by atoms with Crippen LogP contribution < -0.4 is 5.84 Å². The molecule has 0 fully saturated rings. The van der Waals surface area contributed by atoms with Gasteiger partial charge in [0, 0.05) is 22.4 Å². The van der Waals surface area contributed by atoms with Gasteiger partial charge < -0.3 is 5.84 Å². The zero-order valence-electron chi connectivity index (χ0n) is 1.83. The molecule has 1 radical (unpaired) electrons. The summed E-state index contributed by atoms with van der Waals surface area (Å²) in [5.74, 6) is 4.14. The second-order valence-corrected chi connectivity index (χ2v) is 0.129. The fourth-order valence-electron chi connectivity index (χ4n) is 0. The molecular weight excluding hydrogens is 150 g/mol. The molecule has 0 aromatic rings. The van der Waals surface area contributed by atoms with Crippen molar-refractivity contribution < 1.29 is 22.4 Å². The van der Waals surface area contributed by atoms with E-state index in [0.29, 0.717) is 0 Å². The fourth-order valence-corrected chi connectivity index (χ4v) is 0. The van der Waals surface area contributed by atoms with Gasteiger partial charge >= 0.3 is 0 Å². The first-order chi connectivity index (χ1) is 1.41. The number of nitrogens with one attached hydrogen (secondary N) is 1. The Bertz CT molecular complexity index is 10.8. The Kier molecular flexibility index (Phi) is 24.7. The van der Waals surface area contributed by atoms with E-state index >= 15 is 0 Å². The third-order valence-electron chi connectivity index (χ3n) is 0. The van der Waals surface area contributed by atoms with Crippen molar-refractivity contribution in [3.8, 4) is 0 Å². The van der Waals surface area contributed by atoms with Gasteiger partial charge in [-0.2, -0.15) is 5.53 Å². The van der Waals surface area contributed by atoms with Gasteiger partial charge in [0.2, 0.25) is 0 Å². The predicted molar refractivity (Wildman–Crippen MR) is 9.34 cm³/mol. The van der Waals surface area contributed by atoms with Crippen LogP contribution in [0, 0.1) is 5.53 Å². The monoisotopic (exact) mass is 152 g/mol. The van der Waals surface area contributed by atoms with Crippen molar-refractivity contribution in [2.45, 2.75) is 0 Å². The normalized spacial score (nSPS) is 3.00. The topological polar surface area (TPSA) is 62.2 Å². The van der Waals surface area contributed by atoms with E-state index in [4.69, 9.17) is 5.53 Å². The number of hydrogen-bond donors (Lipinski definition) is 2. The van der Waals surface area contributed by atoms with Gasteiger partial charge in [0.1, 0.15) is 0 Å². The van der Waals surface area contributed by atoms with Crippen LogP contribution in [-0.4, -0.2) is 0 Å². The first kappa shape index (κ1) is 8.91. The van der Waals surface area contributed by atoms with E-state index in [1.165, 1.54) is 0 Å². The quantitative estimate of drug-likeness (QED) is 0.217. The number of hydrogen-bond acceptors (Lipinski definition) is 2. The standard InChI is InChI=1S/Ag.H3N3/c;1-3-2/h;(H3,1,2). The molecular formula is H3AgN3. The summed E-state index contributed by atoms with van der Waals surface area (Å²) < 4.78 is 0. The minimum atomic E-state index is 0. The third-order valence-corrected chi connectivity index (χ3v) is 0. The summed E-state index contributed by atoms with van der Waals surface area (Å²) in [6.45, 7) is 0. The van der Waals surface area contributed by atoms with Crippen LogP contribution in [0.15, 0.2) is 5.22 Å². The molecule has 29 valence electrons. The maximum Gasteiger partial charge on any atom is 0 e. The maximum atomic E-state index is 5.61. The smallest absolute Gasteiger partial charge is 0 e. The average Bonchev–Trinajstić information content (AvgIpc) is 0.918. The van der Waals surface area contributed by atoms with Gasteiger partial charge in [-0.1, -0.05) is 5.22 Å². The molecule has 0 aliphatic carbocycles. The molecule has 3 nitrogen and oxygen atoms in total. The molecule has 0 heterocycles. The number of nitrogens with two attached hydrogens (primary N) is 1. The van der Waals surface area contributed by atoms with E-state index in [1.807, 2.05) is 0 Å². The van der Waals surface area contributed by atoms with Crippen molar-refractivity contribution in [1.29, 1.82) is 5.53 Å². The second-order valence-electron chi connectivity index (χ2n) is 0.129. The Morgan fingerprint density at radius 2 is 1.75 bits per heavy atom. The Labute approximate surface area is 39.6 Å². The van der Waals surface area contributed by atoms with Crippen LogP contribution in [0.5, 0.6) is 0 Å². The van der Waals surface area contributed by atoms with Crippen LogP contribution in [-0.2, 0) is 22.4 Å². The van der Waals surface area contributed by atoms with Crippen LogP contribution in [0.3, 0.4) is 0 Å². The van der Waals surface area contributed by atoms with Gasteiger partial charge in [-0.25, -0.2) is 0 Å². The van der Waals surface area contributed by atoms with E-state index in [2.05, 4.69) is 11.1 Å². The van der Waals surface area contributed by atoms with E-state index < -0.39 is 0 Å². The van der Waals surface area contributed by atoms with Crippen molar-refractivity contribution in [3.05, 3.63) is 0 Å². The molecule has 0 bridgehead atoms. The van der Waals surface area contributed by atoms with Crippen molar-refractivity contribution in [1.82, 2.24) is 0 Å². The van der Waals surface area contributed by atoms with Gasteiger partial charge in [0.05, 0.1) is 0 Å². The van der Waals surface area contributed by atoms with E-state index in [1.54, 1.807) is 0 Å². The summed E-state index contributed by atoms with van der Waals surface area (Å²) in [5, 5.41) is 2.25. The third kappa shape index (κ3) is 141. The fraction of sp³-hybridized carbons (Fsp3) is 0. The molecule has 0 unspecified atom stereocenters. The molecule has 0 aromatic heterocycles. The van der Waals surface area contributed by atoms with Gasteiger partial charge in [-0.3, -0.25) is 0 Å². The molecule has 0 spiro atoms. The number of nitrogens with zero attached hydrogens (tertiary/aromatic N) is 1. The van der Waals surface area contributed by atoms with Crippen molar-refractivity contribution >= 4 is 0 Å². The van der Waals surface area contributed by atoms with Crippen LogP contribution in [0.1, 0.15) is 0 Å². The molecule has 4 heavy (non-hydrogen) atoms. The summed E-state index contributed by atoms with van der Waals surface area (Å²) in [6, 6.07) is 0. The van der Waals surface area contributed by atoms with Crippen LogP contribution in [0.4, 0.5) is 0 Å². The first-order valence-corrected chi connectivity index (χ1v) is 0.482. The van der Waals surface area contributed by atoms with Crippen LogP contribution in [0.2, 0.25) is 0 Å². The summed E-state index contributed by atoms with van der Waals surface area (Å²) in [7, 11) is 0. The van der Waals surface area contributed by atoms with Crippen molar-refractivity contribution in [2.24, 2.45) is 11.1 Å². The minimum Gasteiger partial charge on any atom is -0.305 e. The first-order valence-electron chi connectivity index (χ1n) is 0.482. The zero-order chi connectivity index (χ0) is 2.71. The molecule has 0 atom stereocenters. The summed E-state index contributed by atoms with van der Waals surface area (Å²) >= 11 is 0. The van der Waals surface area contributed by atoms with Crippen molar-refractivity contribution in [2.75, 3.05) is 0 Å². The maximum absolute atomic E-state index is 5.61. The van der Waals surface area contributed by atoms with Gasteiger partial charge in [0.25, 0.3) is 0 Å². The van der Waals surface area contributed by atoms with E-state index in [-0.39, 0.29) is 22.4 Å². The minimum absolute atomic E-state index is 0. The van der Waals surface area contributed by atoms with Crippen LogP contribution >= 0.6 is 0 Å². The zero-order valence-corrected chi connectivity index (χ0v) is 3.31. The molecule has 0 aliphatic heterocycles. The molecule has 0 saturated carbocycles. The van der Waals surface area contributed by atoms with Crippen molar-refractivity contribution in [3.63, 3.8) is 0 Å². The Hall–Kier alpha value is 0.140. The molecule has 0 aromatic carbocycles. The number of rotatable bonds is 0. The van der Waals surface area contributed by atoms with Gasteiger partial charge in [-0.05, 0) is 0 Å². The van der Waals surface area contributed by atoms with E-state index in [9.17, 15) is 0 Å². The Balaban J connectivity index is 0. The summed E-state index contributed by atoms with van der Waals surface area (Å²) in [6.07, 6.45) is 0. The summed E-state index contributed by atoms with van der Waals surface area (Å²) in [5.41, 5.74) is 5.61. The van der Waals surface area contributed by atoms with Gasteiger partial charge in [0.15, 0.2) is 0 Å². The summed E-state index contributed by atoms with van der Waals surface area (Å²) in [4.78, 5) is 0. The average molecular weight is 153 g/mol. The Morgan fingerprint density at radius 3 is 1.75 bits per heavy atom. The molecule has 3 N–H and O–H groups in total. The molecule has 0 rings (SSSR count). The Morgan fingerprint density at radius 1 is 1.75 bits per heavy atom. The molecule has 0 saturated heterocycles. The molecule has 0 aliphatic rings. The SMILES string of the molecule is N=NN.[Ag]. The second kappa shape index (κ2) is 11.1. The largest absolute Gasteiger partial charge is 0.305 e. The molecule has 0 amide bonds. The molecule has 4 heteroatoms. The van der Waals surface area contributed by atoms with Crippen LogP contribution in [0.25, 0.3) is 0 Å². The van der Waals surface area contributed by atoms with E-state index in [0.717, 1.165) is 0 Å². The van der Waals surface area contributed by atoms with Gasteiger partial charge in [-0.15, -0.1) is 0 Å².